The van der Waals surface area contributed by atoms with Gasteiger partial charge >= 0.3 is 0 Å². The number of nitrogens with one attached hydrogen (secondary N) is 1. The summed E-state index contributed by atoms with van der Waals surface area (Å²) < 4.78 is 26.6. The first-order valence-corrected chi connectivity index (χ1v) is 10.8. The predicted octanol–water partition coefficient (Wildman–Crippen LogP) is -0.791. The molecule has 3 aliphatic rings. The van der Waals surface area contributed by atoms with Gasteiger partial charge in [0.1, 0.15) is 12.7 Å². The van der Waals surface area contributed by atoms with Crippen molar-refractivity contribution in [2.75, 3.05) is 18.8 Å². The Morgan fingerprint density at radius 2 is 2.04 bits per heavy atom. The van der Waals surface area contributed by atoms with Crippen molar-refractivity contribution in [2.24, 2.45) is 11.8 Å². The van der Waals surface area contributed by atoms with Crippen molar-refractivity contribution in [3.63, 3.8) is 0 Å². The van der Waals surface area contributed by atoms with Crippen molar-refractivity contribution < 1.29 is 18.0 Å². The van der Waals surface area contributed by atoms with Gasteiger partial charge in [0.2, 0.25) is 11.8 Å². The molecule has 3 atom stereocenters. The summed E-state index contributed by atoms with van der Waals surface area (Å²) in [6, 6.07) is -0.402. The molecule has 26 heavy (non-hydrogen) atoms. The van der Waals surface area contributed by atoms with Crippen molar-refractivity contribution in [1.29, 1.82) is 0 Å². The Balaban J connectivity index is 1.32. The van der Waals surface area contributed by atoms with Gasteiger partial charge in [0.25, 0.3) is 0 Å². The zero-order valence-electron chi connectivity index (χ0n) is 14.5. The van der Waals surface area contributed by atoms with Gasteiger partial charge in [0.05, 0.1) is 11.0 Å². The third-order valence-electron chi connectivity index (χ3n) is 5.54. The van der Waals surface area contributed by atoms with Gasteiger partial charge in [-0.3, -0.25) is 14.3 Å². The Hall–Kier alpha value is -1.97. The fraction of sp³-hybridized carbons (Fsp3) is 0.750. The first-order chi connectivity index (χ1) is 12.4. The van der Waals surface area contributed by atoms with Gasteiger partial charge in [-0.25, -0.2) is 13.4 Å². The summed E-state index contributed by atoms with van der Waals surface area (Å²) in [7, 11) is -3.28. The lowest BCUT2D eigenvalue weighted by atomic mass is 10.0. The summed E-state index contributed by atoms with van der Waals surface area (Å²) in [5.74, 6) is -0.212. The fourth-order valence-corrected chi connectivity index (χ4v) is 6.30. The van der Waals surface area contributed by atoms with E-state index in [2.05, 4.69) is 15.4 Å². The van der Waals surface area contributed by atoms with E-state index in [-0.39, 0.29) is 35.9 Å². The Morgan fingerprint density at radius 3 is 2.73 bits per heavy atom. The maximum atomic E-state index is 12.5. The van der Waals surface area contributed by atoms with E-state index in [0.717, 1.165) is 12.8 Å². The normalized spacial score (nSPS) is 29.5. The van der Waals surface area contributed by atoms with E-state index in [4.69, 9.17) is 0 Å². The number of aromatic nitrogens is 3. The molecule has 2 amide bonds. The number of sulfone groups is 1. The quantitative estimate of drug-likeness (QED) is 0.691. The zero-order chi connectivity index (χ0) is 18.3. The van der Waals surface area contributed by atoms with Gasteiger partial charge < -0.3 is 10.2 Å². The molecule has 1 aromatic heterocycles. The molecule has 0 unspecified atom stereocenters. The highest BCUT2D eigenvalue weighted by Crippen LogP contribution is 2.38. The number of likely N-dealkylation sites (tertiary alicyclic amines) is 1. The van der Waals surface area contributed by atoms with Crippen molar-refractivity contribution in [3.05, 3.63) is 12.7 Å². The number of fused-ring (bicyclic) bond motifs is 1. The molecule has 4 rings (SSSR count). The van der Waals surface area contributed by atoms with Crippen molar-refractivity contribution >= 4 is 21.7 Å². The van der Waals surface area contributed by atoms with Gasteiger partial charge in [-0.2, -0.15) is 5.10 Å². The minimum Gasteiger partial charge on any atom is -0.352 e. The lowest BCUT2D eigenvalue weighted by Gasteiger charge is -2.21. The molecule has 10 heteroatoms. The van der Waals surface area contributed by atoms with Crippen molar-refractivity contribution in [3.8, 4) is 0 Å². The number of nitrogens with zero attached hydrogens (tertiary/aromatic N) is 4. The first kappa shape index (κ1) is 17.4. The smallest absolute Gasteiger partial charge is 0.225 e. The number of hydrogen-bond donors (Lipinski definition) is 1. The van der Waals surface area contributed by atoms with E-state index in [1.807, 2.05) is 0 Å². The van der Waals surface area contributed by atoms with Crippen LogP contribution < -0.4 is 5.32 Å². The maximum Gasteiger partial charge on any atom is 0.225 e. The van der Waals surface area contributed by atoms with Crippen LogP contribution in [0, 0.1) is 11.8 Å². The molecule has 0 spiro atoms. The van der Waals surface area contributed by atoms with Crippen LogP contribution in [0.25, 0.3) is 0 Å². The second-order valence-electron chi connectivity index (χ2n) is 7.49. The predicted molar refractivity (Wildman–Crippen MR) is 91.6 cm³/mol. The van der Waals surface area contributed by atoms with Gasteiger partial charge in [-0.15, -0.1) is 0 Å². The molecule has 1 aromatic rings. The van der Waals surface area contributed by atoms with Crippen LogP contribution >= 0.6 is 0 Å². The monoisotopic (exact) mass is 381 g/mol. The summed E-state index contributed by atoms with van der Waals surface area (Å²) in [6.07, 6.45) is 5.76. The van der Waals surface area contributed by atoms with E-state index in [9.17, 15) is 18.0 Å². The van der Waals surface area contributed by atoms with E-state index in [1.54, 1.807) is 15.9 Å². The molecule has 2 saturated heterocycles. The highest BCUT2D eigenvalue weighted by atomic mass is 32.2. The Morgan fingerprint density at radius 1 is 1.23 bits per heavy atom. The van der Waals surface area contributed by atoms with Crippen LogP contribution in [0.5, 0.6) is 0 Å². The minimum absolute atomic E-state index is 0.0252. The number of amides is 2. The Bertz CT molecular complexity index is 790. The number of rotatable bonds is 6. The molecule has 1 saturated carbocycles. The summed E-state index contributed by atoms with van der Waals surface area (Å²) in [5.41, 5.74) is 0. The number of aryl methyl sites for hydroxylation is 1. The second kappa shape index (κ2) is 6.64. The largest absolute Gasteiger partial charge is 0.352 e. The third kappa shape index (κ3) is 3.46. The Kier molecular flexibility index (Phi) is 4.45. The molecule has 0 radical (unpaired) electrons. The van der Waals surface area contributed by atoms with Gasteiger partial charge in [0.15, 0.2) is 9.84 Å². The summed E-state index contributed by atoms with van der Waals surface area (Å²) >= 11 is 0. The average Bonchev–Trinajstić information content (AvgIpc) is 3.03. The maximum absolute atomic E-state index is 12.5. The van der Waals surface area contributed by atoms with E-state index < -0.39 is 21.1 Å². The van der Waals surface area contributed by atoms with E-state index in [0.29, 0.717) is 25.9 Å². The summed E-state index contributed by atoms with van der Waals surface area (Å²) in [4.78, 5) is 30.0. The molecule has 9 nitrogen and oxygen atoms in total. The molecule has 1 N–H and O–H groups in total. The summed E-state index contributed by atoms with van der Waals surface area (Å²) in [6.45, 7) is 1.30. The van der Waals surface area contributed by atoms with Gasteiger partial charge in [0, 0.05) is 43.9 Å². The molecule has 0 aromatic carbocycles. The molecular weight excluding hydrogens is 358 g/mol. The molecule has 3 heterocycles. The minimum atomic E-state index is -3.28. The number of carbonyl (C=O) groups is 2. The highest BCUT2D eigenvalue weighted by molar-refractivity contribution is 7.92. The molecule has 1 aliphatic carbocycles. The van der Waals surface area contributed by atoms with E-state index >= 15 is 0 Å². The fourth-order valence-electron chi connectivity index (χ4n) is 4.01. The van der Waals surface area contributed by atoms with Crippen LogP contribution in [0.2, 0.25) is 0 Å². The zero-order valence-corrected chi connectivity index (χ0v) is 15.3. The first-order valence-electron chi connectivity index (χ1n) is 9.06. The number of hydrogen-bond acceptors (Lipinski definition) is 6. The molecule has 3 fully saturated rings. The van der Waals surface area contributed by atoms with Crippen LogP contribution in [0.3, 0.4) is 0 Å². The lowest BCUT2D eigenvalue weighted by Crippen LogP contribution is -2.42. The van der Waals surface area contributed by atoms with Crippen LogP contribution in [-0.2, 0) is 26.0 Å². The molecular formula is C16H23N5O4S. The van der Waals surface area contributed by atoms with Crippen molar-refractivity contribution in [2.45, 2.75) is 43.5 Å². The van der Waals surface area contributed by atoms with Crippen molar-refractivity contribution in [1.82, 2.24) is 25.0 Å². The van der Waals surface area contributed by atoms with Crippen LogP contribution in [0.1, 0.15) is 25.7 Å². The van der Waals surface area contributed by atoms with E-state index in [1.165, 1.54) is 6.33 Å². The molecule has 142 valence electrons. The molecule has 0 bridgehead atoms. The number of carbonyl (C=O) groups excluding carboxylic acids is 2. The van der Waals surface area contributed by atoms with Gasteiger partial charge in [-0.05, 0) is 19.3 Å². The highest BCUT2D eigenvalue weighted by Gasteiger charge is 2.54. The topological polar surface area (TPSA) is 114 Å². The standard InChI is InChI=1S/C16H23N5O4S/c22-15(2-1-5-21-10-17-9-18-21)19-13-8-26(24,25)14-7-20(6-12(13)14)16(23)11-3-4-11/h9-14H,1-8H2,(H,19,22)/t12-,13-,14-/m0/s1. The summed E-state index contributed by atoms with van der Waals surface area (Å²) in [5, 5.41) is 6.33. The van der Waals surface area contributed by atoms with Crippen LogP contribution in [-0.4, -0.2) is 70.0 Å². The average molecular weight is 381 g/mol. The second-order valence-corrected chi connectivity index (χ2v) is 9.75. The Labute approximate surface area is 152 Å². The molecule has 2 aliphatic heterocycles. The van der Waals surface area contributed by atoms with Crippen LogP contribution in [0.15, 0.2) is 12.7 Å². The SMILES string of the molecule is O=C(CCCn1cncn1)N[C@H]1CS(=O)(=O)[C@H]2CN(C(=O)C3CC3)C[C@@H]12. The van der Waals surface area contributed by atoms with Gasteiger partial charge in [-0.1, -0.05) is 0 Å². The third-order valence-corrected chi connectivity index (χ3v) is 7.79. The van der Waals surface area contributed by atoms with Crippen LogP contribution in [0.4, 0.5) is 0 Å². The lowest BCUT2D eigenvalue weighted by molar-refractivity contribution is -0.131.